The minimum Gasteiger partial charge on any atom is -0.355 e. The quantitative estimate of drug-likeness (QED) is 0.473. The van der Waals surface area contributed by atoms with Crippen LogP contribution in [-0.4, -0.2) is 37.3 Å². The lowest BCUT2D eigenvalue weighted by atomic mass is 9.47. The van der Waals surface area contributed by atoms with E-state index in [9.17, 15) is 9.59 Å². The number of rotatable bonds is 4. The number of pyridine rings is 1. The van der Waals surface area contributed by atoms with Crippen LogP contribution < -0.4 is 4.90 Å². The molecule has 3 aliphatic carbocycles. The molecule has 3 aromatic rings. The van der Waals surface area contributed by atoms with Gasteiger partial charge in [-0.25, -0.2) is 4.90 Å². The van der Waals surface area contributed by atoms with Crippen molar-refractivity contribution in [2.45, 2.75) is 17.6 Å². The number of ether oxygens (including phenoxy) is 2. The molecule has 0 saturated carbocycles. The van der Waals surface area contributed by atoms with Gasteiger partial charge in [0.2, 0.25) is 11.8 Å². The molecule has 0 unspecified atom stereocenters. The summed E-state index contributed by atoms with van der Waals surface area (Å²) in [5.74, 6) is -1.82. The molecule has 6 heteroatoms. The Morgan fingerprint density at radius 1 is 0.875 bits per heavy atom. The average Bonchev–Trinajstić information content (AvgIpc) is 3.11. The molecule has 160 valence electrons. The van der Waals surface area contributed by atoms with Gasteiger partial charge in [-0.3, -0.25) is 14.6 Å². The molecule has 4 aliphatic rings. The molecule has 0 spiro atoms. The van der Waals surface area contributed by atoms with Crippen LogP contribution in [0.4, 0.5) is 5.69 Å². The lowest BCUT2D eigenvalue weighted by Gasteiger charge is -2.56. The second kappa shape index (κ2) is 6.82. The zero-order valence-electron chi connectivity index (χ0n) is 17.8. The second-order valence-electron chi connectivity index (χ2n) is 8.55. The molecule has 6 nitrogen and oxygen atoms in total. The summed E-state index contributed by atoms with van der Waals surface area (Å²) in [4.78, 5) is 33.4. The zero-order chi connectivity index (χ0) is 22.0. The van der Waals surface area contributed by atoms with E-state index >= 15 is 0 Å². The first-order valence-electron chi connectivity index (χ1n) is 10.7. The number of anilines is 1. The lowest BCUT2D eigenvalue weighted by molar-refractivity contribution is -0.168. The third-order valence-corrected chi connectivity index (χ3v) is 7.39. The highest BCUT2D eigenvalue weighted by Crippen LogP contribution is 2.65. The van der Waals surface area contributed by atoms with Crippen molar-refractivity contribution in [1.82, 2.24) is 4.98 Å². The van der Waals surface area contributed by atoms with Crippen LogP contribution in [0.25, 0.3) is 0 Å². The van der Waals surface area contributed by atoms with Crippen LogP contribution in [0.1, 0.15) is 28.2 Å². The fourth-order valence-corrected chi connectivity index (χ4v) is 6.44. The van der Waals surface area contributed by atoms with Gasteiger partial charge >= 0.3 is 0 Å². The first kappa shape index (κ1) is 19.3. The van der Waals surface area contributed by atoms with Gasteiger partial charge in [0.05, 0.1) is 29.1 Å². The number of methoxy groups -OCH3 is 2. The highest BCUT2D eigenvalue weighted by atomic mass is 16.7. The van der Waals surface area contributed by atoms with Crippen LogP contribution >= 0.6 is 0 Å². The number of amides is 2. The Hall–Kier alpha value is -3.35. The first-order chi connectivity index (χ1) is 15.7. The van der Waals surface area contributed by atoms with Crippen LogP contribution in [-0.2, 0) is 24.5 Å². The Kier molecular flexibility index (Phi) is 4.12. The summed E-state index contributed by atoms with van der Waals surface area (Å²) in [6.45, 7) is 0. The number of carbonyl (C=O) groups excluding carboxylic acids is 2. The summed E-state index contributed by atoms with van der Waals surface area (Å²) in [7, 11) is 3.17. The molecule has 0 radical (unpaired) electrons. The molecule has 2 amide bonds. The van der Waals surface area contributed by atoms with Crippen molar-refractivity contribution in [3.8, 4) is 0 Å². The van der Waals surface area contributed by atoms with E-state index in [0.717, 1.165) is 22.3 Å². The number of nitrogens with zero attached hydrogens (tertiary/aromatic N) is 2. The van der Waals surface area contributed by atoms with E-state index in [1.807, 2.05) is 36.4 Å². The molecule has 1 saturated heterocycles. The Bertz CT molecular complexity index is 1190. The monoisotopic (exact) mass is 426 g/mol. The number of hydrogen-bond acceptors (Lipinski definition) is 5. The van der Waals surface area contributed by atoms with Gasteiger partial charge in [0.25, 0.3) is 0 Å². The molecule has 2 atom stereocenters. The van der Waals surface area contributed by atoms with Crippen LogP contribution in [0.3, 0.4) is 0 Å². The van der Waals surface area contributed by atoms with E-state index in [0.29, 0.717) is 5.69 Å². The number of carbonyl (C=O) groups is 2. The van der Waals surface area contributed by atoms with Gasteiger partial charge in [-0.05, 0) is 34.4 Å². The average molecular weight is 426 g/mol. The van der Waals surface area contributed by atoms with E-state index in [1.165, 1.54) is 4.90 Å². The van der Waals surface area contributed by atoms with Crippen molar-refractivity contribution in [3.63, 3.8) is 0 Å². The topological polar surface area (TPSA) is 68.7 Å². The fourth-order valence-electron chi connectivity index (χ4n) is 6.44. The molecule has 32 heavy (non-hydrogen) atoms. The fraction of sp³-hybridized carbons (Fsp3) is 0.269. The smallest absolute Gasteiger partial charge is 0.239 e. The first-order valence-corrected chi connectivity index (χ1v) is 10.7. The van der Waals surface area contributed by atoms with Gasteiger partial charge in [0, 0.05) is 26.3 Å². The molecular weight excluding hydrogens is 404 g/mol. The van der Waals surface area contributed by atoms with Crippen molar-refractivity contribution < 1.29 is 19.1 Å². The summed E-state index contributed by atoms with van der Waals surface area (Å²) in [6.07, 6.45) is 2.44. The SMILES string of the molecule is COC(OC)C12c3ccccc3C(c3ccccc31)[C@H]1C(=O)N(c3cccnc3)C(=O)[C@@H]12. The molecule has 0 N–H and O–H groups in total. The molecule has 1 aromatic heterocycles. The maximum absolute atomic E-state index is 14.1. The van der Waals surface area contributed by atoms with Crippen LogP contribution in [0.15, 0.2) is 73.1 Å². The van der Waals surface area contributed by atoms with Crippen molar-refractivity contribution in [2.24, 2.45) is 11.8 Å². The predicted octanol–water partition coefficient (Wildman–Crippen LogP) is 3.25. The highest BCUT2D eigenvalue weighted by Gasteiger charge is 2.71. The van der Waals surface area contributed by atoms with Gasteiger partial charge in [-0.2, -0.15) is 0 Å². The Balaban J connectivity index is 1.69. The largest absolute Gasteiger partial charge is 0.355 e. The van der Waals surface area contributed by atoms with E-state index in [4.69, 9.17) is 9.47 Å². The van der Waals surface area contributed by atoms with Crippen molar-refractivity contribution in [3.05, 3.63) is 95.3 Å². The number of hydrogen-bond donors (Lipinski definition) is 0. The van der Waals surface area contributed by atoms with E-state index in [1.54, 1.807) is 38.7 Å². The van der Waals surface area contributed by atoms with Gasteiger partial charge < -0.3 is 9.47 Å². The van der Waals surface area contributed by atoms with Crippen LogP contribution in [0.2, 0.25) is 0 Å². The molecular formula is C26H22N2O4. The maximum atomic E-state index is 14.1. The second-order valence-corrected chi connectivity index (χ2v) is 8.55. The van der Waals surface area contributed by atoms with Gasteiger partial charge in [-0.15, -0.1) is 0 Å². The normalized spacial score (nSPS) is 27.5. The Morgan fingerprint density at radius 3 is 2.06 bits per heavy atom. The van der Waals surface area contributed by atoms with E-state index in [-0.39, 0.29) is 17.7 Å². The summed E-state index contributed by atoms with van der Waals surface area (Å²) >= 11 is 0. The van der Waals surface area contributed by atoms with Crippen molar-refractivity contribution in [2.75, 3.05) is 19.1 Å². The van der Waals surface area contributed by atoms with E-state index in [2.05, 4.69) is 17.1 Å². The Labute approximate surface area is 185 Å². The molecule has 1 aliphatic heterocycles. The van der Waals surface area contributed by atoms with Crippen molar-refractivity contribution >= 4 is 17.5 Å². The van der Waals surface area contributed by atoms with Crippen LogP contribution in [0, 0.1) is 11.8 Å². The highest BCUT2D eigenvalue weighted by molar-refractivity contribution is 6.23. The number of imide groups is 1. The lowest BCUT2D eigenvalue weighted by Crippen LogP contribution is -2.60. The van der Waals surface area contributed by atoms with Gasteiger partial charge in [-0.1, -0.05) is 48.5 Å². The molecule has 7 rings (SSSR count). The molecule has 2 bridgehead atoms. The molecule has 1 fully saturated rings. The van der Waals surface area contributed by atoms with Crippen molar-refractivity contribution in [1.29, 1.82) is 0 Å². The number of aromatic nitrogens is 1. The maximum Gasteiger partial charge on any atom is 0.239 e. The summed E-state index contributed by atoms with van der Waals surface area (Å²) in [6, 6.07) is 19.6. The third kappa shape index (κ3) is 2.13. The molecule has 2 heterocycles. The molecule has 2 aromatic carbocycles. The van der Waals surface area contributed by atoms with Crippen LogP contribution in [0.5, 0.6) is 0 Å². The standard InChI is InChI=1S/C26H22N2O4/c1-31-25(32-2)26-18-11-5-3-9-16(18)20(17-10-4-6-12-19(17)26)21-22(26)24(30)28(23(21)29)15-8-7-13-27-14-15/h3-14,20-22,25H,1-2H3/t20?,21-,22-,26?/m1/s1. The minimum atomic E-state index is -0.945. The predicted molar refractivity (Wildman–Crippen MR) is 117 cm³/mol. The Morgan fingerprint density at radius 2 is 1.50 bits per heavy atom. The third-order valence-electron chi connectivity index (χ3n) is 7.39. The van der Waals surface area contributed by atoms with Gasteiger partial charge in [0.1, 0.15) is 0 Å². The van der Waals surface area contributed by atoms with Gasteiger partial charge in [0.15, 0.2) is 6.29 Å². The summed E-state index contributed by atoms with van der Waals surface area (Å²) < 4.78 is 11.8. The minimum absolute atomic E-state index is 0.197. The summed E-state index contributed by atoms with van der Waals surface area (Å²) in [5, 5.41) is 0. The summed E-state index contributed by atoms with van der Waals surface area (Å²) in [5.41, 5.74) is 3.65. The zero-order valence-corrected chi connectivity index (χ0v) is 17.8. The number of benzene rings is 2. The van der Waals surface area contributed by atoms with E-state index < -0.39 is 23.5 Å².